The van der Waals surface area contributed by atoms with Gasteiger partial charge >= 0.3 is 0 Å². The molecule has 0 radical (unpaired) electrons. The van der Waals surface area contributed by atoms with Crippen molar-refractivity contribution in [2.75, 3.05) is 32.8 Å². The first-order valence-electron chi connectivity index (χ1n) is 5.98. The first-order valence-corrected chi connectivity index (χ1v) is 5.98. The summed E-state index contributed by atoms with van der Waals surface area (Å²) in [6, 6.07) is 0. The monoisotopic (exact) mass is 226 g/mol. The predicted molar refractivity (Wildman–Crippen MR) is 64.1 cm³/mol. The van der Waals surface area contributed by atoms with Crippen molar-refractivity contribution in [3.8, 4) is 0 Å². The van der Waals surface area contributed by atoms with Gasteiger partial charge in [-0.05, 0) is 25.2 Å². The molecule has 1 heterocycles. The van der Waals surface area contributed by atoms with Gasteiger partial charge < -0.3 is 15.3 Å². The van der Waals surface area contributed by atoms with E-state index in [4.69, 9.17) is 5.11 Å². The summed E-state index contributed by atoms with van der Waals surface area (Å²) >= 11 is 0. The average Bonchev–Trinajstić information content (AvgIpc) is 2.30. The van der Waals surface area contributed by atoms with Gasteiger partial charge in [-0.2, -0.15) is 0 Å². The minimum absolute atomic E-state index is 0.157. The van der Waals surface area contributed by atoms with E-state index in [1.807, 2.05) is 4.90 Å². The summed E-state index contributed by atoms with van der Waals surface area (Å²) in [7, 11) is 0. The predicted octanol–water partition coefficient (Wildman–Crippen LogP) is 0.383. The molecule has 92 valence electrons. The van der Waals surface area contributed by atoms with Crippen molar-refractivity contribution in [2.24, 2.45) is 5.92 Å². The Morgan fingerprint density at radius 2 is 2.44 bits per heavy atom. The second-order valence-corrected chi connectivity index (χ2v) is 4.28. The van der Waals surface area contributed by atoms with E-state index in [-0.39, 0.29) is 12.5 Å². The zero-order valence-corrected chi connectivity index (χ0v) is 9.82. The number of rotatable bonds is 6. The fraction of sp³-hybridized carbons (Fsp3) is 0.750. The van der Waals surface area contributed by atoms with Crippen LogP contribution in [0.4, 0.5) is 0 Å². The van der Waals surface area contributed by atoms with Gasteiger partial charge in [0.2, 0.25) is 5.91 Å². The Morgan fingerprint density at radius 3 is 3.12 bits per heavy atom. The normalized spacial score (nSPS) is 20.8. The molecule has 0 aromatic rings. The van der Waals surface area contributed by atoms with Crippen LogP contribution in [0.15, 0.2) is 12.7 Å². The summed E-state index contributed by atoms with van der Waals surface area (Å²) in [6.07, 6.45) is 4.74. The fourth-order valence-electron chi connectivity index (χ4n) is 2.10. The third-order valence-corrected chi connectivity index (χ3v) is 2.97. The summed E-state index contributed by atoms with van der Waals surface area (Å²) in [6.45, 7) is 6.53. The molecule has 1 unspecified atom stereocenters. The molecular formula is C12H22N2O2. The van der Waals surface area contributed by atoms with Gasteiger partial charge in [-0.1, -0.05) is 6.08 Å². The SMILES string of the molecule is C=CCNCC(=O)N1CCCC(CCO)C1. The lowest BCUT2D eigenvalue weighted by Crippen LogP contribution is -2.44. The van der Waals surface area contributed by atoms with Gasteiger partial charge in [0.25, 0.3) is 0 Å². The molecule has 0 aliphatic carbocycles. The molecule has 1 saturated heterocycles. The van der Waals surface area contributed by atoms with Crippen LogP contribution in [-0.2, 0) is 4.79 Å². The molecule has 4 nitrogen and oxygen atoms in total. The second-order valence-electron chi connectivity index (χ2n) is 4.28. The van der Waals surface area contributed by atoms with Gasteiger partial charge in [-0.3, -0.25) is 4.79 Å². The standard InChI is InChI=1S/C12H22N2O2/c1-2-6-13-9-12(16)14-7-3-4-11(10-14)5-8-15/h2,11,13,15H,1,3-10H2. The lowest BCUT2D eigenvalue weighted by atomic mass is 9.95. The Kier molecular flexibility index (Phi) is 6.11. The molecule has 0 spiro atoms. The molecule has 1 aliphatic heterocycles. The molecule has 0 saturated carbocycles. The summed E-state index contributed by atoms with van der Waals surface area (Å²) < 4.78 is 0. The molecular weight excluding hydrogens is 204 g/mol. The van der Waals surface area contributed by atoms with Crippen molar-refractivity contribution in [3.63, 3.8) is 0 Å². The van der Waals surface area contributed by atoms with Crippen LogP contribution >= 0.6 is 0 Å². The number of nitrogens with one attached hydrogen (secondary N) is 1. The molecule has 0 aromatic heterocycles. The number of hydrogen-bond donors (Lipinski definition) is 2. The quantitative estimate of drug-likeness (QED) is 0.508. The third kappa shape index (κ3) is 4.33. The van der Waals surface area contributed by atoms with Crippen LogP contribution in [0.3, 0.4) is 0 Å². The minimum Gasteiger partial charge on any atom is -0.396 e. The maximum Gasteiger partial charge on any atom is 0.236 e. The zero-order valence-electron chi connectivity index (χ0n) is 9.82. The number of aliphatic hydroxyl groups excluding tert-OH is 1. The van der Waals surface area contributed by atoms with Crippen LogP contribution in [0.1, 0.15) is 19.3 Å². The van der Waals surface area contributed by atoms with E-state index < -0.39 is 0 Å². The van der Waals surface area contributed by atoms with Crippen molar-refractivity contribution >= 4 is 5.91 Å². The van der Waals surface area contributed by atoms with Gasteiger partial charge in [0.05, 0.1) is 6.54 Å². The van der Waals surface area contributed by atoms with Crippen molar-refractivity contribution in [2.45, 2.75) is 19.3 Å². The summed E-state index contributed by atoms with van der Waals surface area (Å²) in [5, 5.41) is 11.9. The van der Waals surface area contributed by atoms with E-state index in [1.54, 1.807) is 6.08 Å². The van der Waals surface area contributed by atoms with Gasteiger partial charge in [0, 0.05) is 26.2 Å². The van der Waals surface area contributed by atoms with Gasteiger partial charge in [0.1, 0.15) is 0 Å². The zero-order chi connectivity index (χ0) is 11.8. The summed E-state index contributed by atoms with van der Waals surface area (Å²) in [5.41, 5.74) is 0. The Labute approximate surface area is 97.3 Å². The summed E-state index contributed by atoms with van der Waals surface area (Å²) in [5.74, 6) is 0.631. The van der Waals surface area contributed by atoms with Gasteiger partial charge in [-0.15, -0.1) is 6.58 Å². The lowest BCUT2D eigenvalue weighted by Gasteiger charge is -2.32. The minimum atomic E-state index is 0.157. The fourth-order valence-corrected chi connectivity index (χ4v) is 2.10. The molecule has 1 aliphatic rings. The molecule has 0 aromatic carbocycles. The molecule has 1 atom stereocenters. The molecule has 1 amide bonds. The van der Waals surface area contributed by atoms with E-state index in [0.717, 1.165) is 32.4 Å². The highest BCUT2D eigenvalue weighted by atomic mass is 16.3. The van der Waals surface area contributed by atoms with E-state index in [2.05, 4.69) is 11.9 Å². The molecule has 1 fully saturated rings. The van der Waals surface area contributed by atoms with Crippen molar-refractivity contribution in [1.82, 2.24) is 10.2 Å². The number of likely N-dealkylation sites (tertiary alicyclic amines) is 1. The first kappa shape index (κ1) is 13.2. The van der Waals surface area contributed by atoms with Crippen LogP contribution in [0.25, 0.3) is 0 Å². The smallest absolute Gasteiger partial charge is 0.236 e. The van der Waals surface area contributed by atoms with Crippen LogP contribution in [0.5, 0.6) is 0 Å². The largest absolute Gasteiger partial charge is 0.396 e. The van der Waals surface area contributed by atoms with Crippen LogP contribution in [-0.4, -0.2) is 48.7 Å². The van der Waals surface area contributed by atoms with Crippen molar-refractivity contribution in [3.05, 3.63) is 12.7 Å². The molecule has 0 bridgehead atoms. The Morgan fingerprint density at radius 1 is 1.62 bits per heavy atom. The Hall–Kier alpha value is -0.870. The van der Waals surface area contributed by atoms with Crippen LogP contribution in [0, 0.1) is 5.92 Å². The first-order chi connectivity index (χ1) is 7.77. The van der Waals surface area contributed by atoms with Crippen LogP contribution in [0.2, 0.25) is 0 Å². The number of piperidine rings is 1. The number of nitrogens with zero attached hydrogens (tertiary/aromatic N) is 1. The molecule has 4 heteroatoms. The topological polar surface area (TPSA) is 52.6 Å². The Balaban J connectivity index is 2.28. The van der Waals surface area contributed by atoms with E-state index in [1.165, 1.54) is 0 Å². The number of aliphatic hydroxyl groups is 1. The maximum absolute atomic E-state index is 11.8. The third-order valence-electron chi connectivity index (χ3n) is 2.97. The number of carbonyl (C=O) groups is 1. The van der Waals surface area contributed by atoms with Crippen molar-refractivity contribution < 1.29 is 9.90 Å². The Bertz CT molecular complexity index is 229. The van der Waals surface area contributed by atoms with Crippen molar-refractivity contribution in [1.29, 1.82) is 0 Å². The van der Waals surface area contributed by atoms with E-state index in [9.17, 15) is 4.79 Å². The summed E-state index contributed by atoms with van der Waals surface area (Å²) in [4.78, 5) is 13.7. The second kappa shape index (κ2) is 7.41. The maximum atomic E-state index is 11.8. The van der Waals surface area contributed by atoms with Gasteiger partial charge in [-0.25, -0.2) is 0 Å². The molecule has 1 rings (SSSR count). The highest BCUT2D eigenvalue weighted by molar-refractivity contribution is 5.78. The average molecular weight is 226 g/mol. The van der Waals surface area contributed by atoms with Gasteiger partial charge in [0.15, 0.2) is 0 Å². The molecule has 2 N–H and O–H groups in total. The number of carbonyl (C=O) groups excluding carboxylic acids is 1. The number of amides is 1. The highest BCUT2D eigenvalue weighted by Crippen LogP contribution is 2.18. The number of hydrogen-bond acceptors (Lipinski definition) is 3. The van der Waals surface area contributed by atoms with Crippen LogP contribution < -0.4 is 5.32 Å². The highest BCUT2D eigenvalue weighted by Gasteiger charge is 2.22. The molecule has 16 heavy (non-hydrogen) atoms. The van der Waals surface area contributed by atoms with E-state index in [0.29, 0.717) is 19.0 Å². The lowest BCUT2D eigenvalue weighted by molar-refractivity contribution is -0.132. The van der Waals surface area contributed by atoms with E-state index >= 15 is 0 Å².